The Labute approximate surface area is 199 Å². The van der Waals surface area contributed by atoms with Gasteiger partial charge in [-0.2, -0.15) is 0 Å². The minimum absolute atomic E-state index is 0. The van der Waals surface area contributed by atoms with Crippen molar-refractivity contribution in [2.24, 2.45) is 11.5 Å². The standard InChI is InChI=1S/2C7H16N2O3.2Na/c2*1-12-3-2-6(4-8)9-5-7(10)11;;/h2*6,9H,2-5,8H2,1H3,(H,10,11);;/q;;2*+1/p-2. The maximum atomic E-state index is 10.0. The summed E-state index contributed by atoms with van der Waals surface area (Å²) in [6, 6.07) is -0.0225. The molecule has 0 saturated carbocycles. The van der Waals surface area contributed by atoms with E-state index in [1.807, 2.05) is 0 Å². The number of carbonyl (C=O) groups is 2. The van der Waals surface area contributed by atoms with E-state index in [0.717, 1.165) is 0 Å². The molecule has 2 atom stereocenters. The molecule has 0 aromatic carbocycles. The molecule has 0 amide bonds. The molecule has 0 bridgehead atoms. The van der Waals surface area contributed by atoms with Crippen LogP contribution in [-0.2, 0) is 19.1 Å². The molecular weight excluding hydrogens is 366 g/mol. The summed E-state index contributed by atoms with van der Waals surface area (Å²) in [5.41, 5.74) is 10.7. The summed E-state index contributed by atoms with van der Waals surface area (Å²) in [4.78, 5) is 20.1. The minimum Gasteiger partial charge on any atom is -0.549 e. The fraction of sp³-hybridized carbons (Fsp3) is 0.857. The Hall–Kier alpha value is 0.700. The molecule has 6 N–H and O–H groups in total. The average molecular weight is 396 g/mol. The van der Waals surface area contributed by atoms with Crippen molar-refractivity contribution < 1.29 is 88.4 Å². The van der Waals surface area contributed by atoms with Crippen molar-refractivity contribution in [2.45, 2.75) is 24.9 Å². The first-order valence-corrected chi connectivity index (χ1v) is 7.65. The molecule has 26 heavy (non-hydrogen) atoms. The summed E-state index contributed by atoms with van der Waals surface area (Å²) in [7, 11) is 3.18. The number of nitrogens with two attached hydrogens (primary N) is 2. The van der Waals surface area contributed by atoms with E-state index < -0.39 is 11.9 Å². The number of carbonyl (C=O) groups excluding carboxylic acids is 2. The van der Waals surface area contributed by atoms with Gasteiger partial charge in [-0.3, -0.25) is 0 Å². The second-order valence-electron chi connectivity index (χ2n) is 4.93. The van der Waals surface area contributed by atoms with E-state index in [-0.39, 0.29) is 84.3 Å². The molecule has 0 radical (unpaired) electrons. The van der Waals surface area contributed by atoms with Crippen molar-refractivity contribution in [1.29, 1.82) is 0 Å². The molecule has 0 fully saturated rings. The number of carboxylic acids is 2. The summed E-state index contributed by atoms with van der Waals surface area (Å²) >= 11 is 0. The van der Waals surface area contributed by atoms with Crippen LogP contribution in [0.3, 0.4) is 0 Å². The van der Waals surface area contributed by atoms with Crippen LogP contribution >= 0.6 is 0 Å². The van der Waals surface area contributed by atoms with Gasteiger partial charge in [-0.05, 0) is 12.8 Å². The van der Waals surface area contributed by atoms with Crippen LogP contribution in [0.2, 0.25) is 0 Å². The Morgan fingerprint density at radius 2 is 1.15 bits per heavy atom. The van der Waals surface area contributed by atoms with Gasteiger partial charge < -0.3 is 51.4 Å². The zero-order valence-corrected chi connectivity index (χ0v) is 20.4. The second kappa shape index (κ2) is 25.7. The van der Waals surface area contributed by atoms with Gasteiger partial charge in [-0.1, -0.05) is 0 Å². The molecule has 0 saturated heterocycles. The Balaban J connectivity index is -0.000000173. The van der Waals surface area contributed by atoms with Gasteiger partial charge in [0.15, 0.2) is 0 Å². The van der Waals surface area contributed by atoms with Gasteiger partial charge in [-0.15, -0.1) is 0 Å². The first kappa shape index (κ1) is 34.2. The molecule has 0 aromatic heterocycles. The maximum Gasteiger partial charge on any atom is 1.00 e. The largest absolute Gasteiger partial charge is 1.00 e. The fourth-order valence-electron chi connectivity index (χ4n) is 1.58. The van der Waals surface area contributed by atoms with Gasteiger partial charge in [0.2, 0.25) is 0 Å². The van der Waals surface area contributed by atoms with Crippen LogP contribution in [0, 0.1) is 0 Å². The Morgan fingerprint density at radius 1 is 0.846 bits per heavy atom. The third kappa shape index (κ3) is 26.9. The number of hydrogen-bond acceptors (Lipinski definition) is 10. The summed E-state index contributed by atoms with van der Waals surface area (Å²) in [5, 5.41) is 25.6. The molecule has 0 aromatic rings. The molecule has 0 spiro atoms. The van der Waals surface area contributed by atoms with Crippen LogP contribution in [0.15, 0.2) is 0 Å². The van der Waals surface area contributed by atoms with Crippen LogP contribution in [0.25, 0.3) is 0 Å². The molecule has 0 heterocycles. The van der Waals surface area contributed by atoms with Gasteiger partial charge >= 0.3 is 59.1 Å². The zero-order valence-electron chi connectivity index (χ0n) is 16.4. The van der Waals surface area contributed by atoms with Crippen molar-refractivity contribution in [3.8, 4) is 0 Å². The first-order valence-electron chi connectivity index (χ1n) is 7.65. The number of rotatable bonds is 14. The van der Waals surface area contributed by atoms with Crippen molar-refractivity contribution in [3.63, 3.8) is 0 Å². The van der Waals surface area contributed by atoms with Crippen LogP contribution in [-0.4, -0.2) is 77.6 Å². The third-order valence-corrected chi connectivity index (χ3v) is 2.98. The van der Waals surface area contributed by atoms with Gasteiger partial charge in [0.05, 0.1) is 11.9 Å². The predicted molar refractivity (Wildman–Crippen MR) is 84.7 cm³/mol. The van der Waals surface area contributed by atoms with Gasteiger partial charge in [0.25, 0.3) is 0 Å². The molecule has 0 aliphatic heterocycles. The molecule has 0 aliphatic carbocycles. The molecular formula is C14H30N4Na2O6. The summed E-state index contributed by atoms with van der Waals surface area (Å²) in [6.07, 6.45) is 1.42. The van der Waals surface area contributed by atoms with Crippen molar-refractivity contribution in [1.82, 2.24) is 10.6 Å². The summed E-state index contributed by atoms with van der Waals surface area (Å²) in [5.74, 6) is -2.24. The molecule has 10 nitrogen and oxygen atoms in total. The van der Waals surface area contributed by atoms with Crippen molar-refractivity contribution in [2.75, 3.05) is 53.6 Å². The smallest absolute Gasteiger partial charge is 0.549 e. The monoisotopic (exact) mass is 396 g/mol. The first-order chi connectivity index (χ1) is 11.4. The maximum absolute atomic E-state index is 10.0. The molecule has 0 rings (SSSR count). The minimum atomic E-state index is -1.12. The summed E-state index contributed by atoms with van der Waals surface area (Å²) in [6.45, 7) is 1.62. The van der Waals surface area contributed by atoms with Gasteiger partial charge in [0.1, 0.15) is 0 Å². The Bertz CT molecular complexity index is 300. The van der Waals surface area contributed by atoms with Crippen LogP contribution < -0.4 is 91.4 Å². The SMILES string of the molecule is COCCC(CN)NCC(=O)[O-].COCCC(CN)NCC(=O)[O-].[Na+].[Na+]. The number of hydrogen-bond donors (Lipinski definition) is 4. The molecule has 0 aliphatic rings. The molecule has 2 unspecified atom stereocenters. The number of carboxylic acid groups (broad SMARTS) is 2. The zero-order chi connectivity index (χ0) is 18.8. The Morgan fingerprint density at radius 3 is 1.35 bits per heavy atom. The second-order valence-corrected chi connectivity index (χ2v) is 4.93. The molecule has 144 valence electrons. The van der Waals surface area contributed by atoms with Crippen LogP contribution in [0.5, 0.6) is 0 Å². The van der Waals surface area contributed by atoms with E-state index in [9.17, 15) is 19.8 Å². The number of aliphatic carboxylic acids is 2. The van der Waals surface area contributed by atoms with Crippen LogP contribution in [0.1, 0.15) is 12.8 Å². The van der Waals surface area contributed by atoms with E-state index >= 15 is 0 Å². The number of nitrogens with one attached hydrogen (secondary N) is 2. The van der Waals surface area contributed by atoms with E-state index in [1.54, 1.807) is 14.2 Å². The Kier molecular flexibility index (Phi) is 33.8. The summed E-state index contributed by atoms with van der Waals surface area (Å²) < 4.78 is 9.64. The van der Waals surface area contributed by atoms with Gasteiger partial charge in [0, 0.05) is 65.7 Å². The topological polar surface area (TPSA) is 175 Å². The quantitative estimate of drug-likeness (QED) is 0.206. The third-order valence-electron chi connectivity index (χ3n) is 2.98. The number of methoxy groups -OCH3 is 2. The van der Waals surface area contributed by atoms with Crippen molar-refractivity contribution in [3.05, 3.63) is 0 Å². The van der Waals surface area contributed by atoms with Crippen molar-refractivity contribution >= 4 is 11.9 Å². The van der Waals surface area contributed by atoms with E-state index in [2.05, 4.69) is 10.6 Å². The van der Waals surface area contributed by atoms with E-state index in [0.29, 0.717) is 39.1 Å². The van der Waals surface area contributed by atoms with E-state index in [1.165, 1.54) is 0 Å². The fourth-order valence-corrected chi connectivity index (χ4v) is 1.58. The number of ether oxygens (including phenoxy) is 2. The predicted octanol–water partition coefficient (Wildman–Crippen LogP) is -10.6. The molecule has 12 heteroatoms. The normalized spacial score (nSPS) is 11.8. The van der Waals surface area contributed by atoms with Gasteiger partial charge in [-0.25, -0.2) is 0 Å². The van der Waals surface area contributed by atoms with Crippen LogP contribution in [0.4, 0.5) is 0 Å². The average Bonchev–Trinajstić information content (AvgIpc) is 2.55. The van der Waals surface area contributed by atoms with E-state index in [4.69, 9.17) is 20.9 Å².